The normalized spacial score (nSPS) is 17.8. The molecule has 5 nitrogen and oxygen atoms in total. The highest BCUT2D eigenvalue weighted by Crippen LogP contribution is 2.24. The molecule has 0 saturated carbocycles. The molecule has 1 aromatic rings. The van der Waals surface area contributed by atoms with Gasteiger partial charge in [-0.1, -0.05) is 6.92 Å². The molecular weight excluding hydrogens is 266 g/mol. The number of aryl methyl sites for hydroxylation is 2. The number of hydrogen-bond donors (Lipinski definition) is 1. The van der Waals surface area contributed by atoms with E-state index in [4.69, 9.17) is 0 Å². The van der Waals surface area contributed by atoms with Crippen molar-refractivity contribution in [1.29, 1.82) is 0 Å². The summed E-state index contributed by atoms with van der Waals surface area (Å²) in [5.74, 6) is -0.261. The smallest absolute Gasteiger partial charge is 0.339 e. The van der Waals surface area contributed by atoms with E-state index in [0.717, 1.165) is 43.9 Å². The third kappa shape index (κ3) is 3.35. The summed E-state index contributed by atoms with van der Waals surface area (Å²) >= 11 is 0. The summed E-state index contributed by atoms with van der Waals surface area (Å²) < 4.78 is 0. The van der Waals surface area contributed by atoms with Crippen LogP contribution in [0.15, 0.2) is 6.07 Å². The Morgan fingerprint density at radius 1 is 1.33 bits per heavy atom. The molecule has 1 aliphatic rings. The molecule has 0 spiro atoms. The fourth-order valence-corrected chi connectivity index (χ4v) is 2.94. The van der Waals surface area contributed by atoms with Gasteiger partial charge in [0.2, 0.25) is 0 Å². The van der Waals surface area contributed by atoms with Crippen LogP contribution in [-0.2, 0) is 0 Å². The molecule has 0 aliphatic carbocycles. The van der Waals surface area contributed by atoms with Gasteiger partial charge in [0.25, 0.3) is 0 Å². The second kappa shape index (κ2) is 6.43. The maximum Gasteiger partial charge on any atom is 0.339 e. The summed E-state index contributed by atoms with van der Waals surface area (Å²) in [6, 6.07) is 2.42. The van der Waals surface area contributed by atoms with Crippen LogP contribution in [0.3, 0.4) is 0 Å². The van der Waals surface area contributed by atoms with Crippen molar-refractivity contribution in [2.45, 2.75) is 40.2 Å². The second-order valence-electron chi connectivity index (χ2n) is 5.86. The monoisotopic (exact) mass is 291 g/mol. The molecule has 1 unspecified atom stereocenters. The van der Waals surface area contributed by atoms with Crippen molar-refractivity contribution in [2.75, 3.05) is 31.1 Å². The van der Waals surface area contributed by atoms with Crippen molar-refractivity contribution in [1.82, 2.24) is 9.88 Å². The van der Waals surface area contributed by atoms with Gasteiger partial charge in [-0.3, -0.25) is 4.90 Å². The van der Waals surface area contributed by atoms with Crippen molar-refractivity contribution in [3.63, 3.8) is 0 Å². The van der Waals surface area contributed by atoms with Crippen LogP contribution in [-0.4, -0.2) is 53.2 Å². The van der Waals surface area contributed by atoms with Crippen molar-refractivity contribution in [3.8, 4) is 0 Å². The largest absolute Gasteiger partial charge is 0.478 e. The van der Waals surface area contributed by atoms with Crippen LogP contribution in [0.2, 0.25) is 0 Å². The molecular formula is C16H25N3O2. The van der Waals surface area contributed by atoms with Crippen molar-refractivity contribution in [2.24, 2.45) is 0 Å². The molecule has 1 aromatic heterocycles. The number of nitrogens with zero attached hydrogens (tertiary/aromatic N) is 3. The standard InChI is InChI=1S/C16H25N3O2/c1-5-13(4)18-6-8-19(9-7-18)15-14(16(20)21)11(2)10-12(3)17-15/h10,13H,5-9H2,1-4H3,(H,20,21). The maximum atomic E-state index is 11.5. The molecule has 1 saturated heterocycles. The minimum absolute atomic E-state index is 0.345. The maximum absolute atomic E-state index is 11.5. The van der Waals surface area contributed by atoms with E-state index in [0.29, 0.717) is 17.4 Å². The first-order valence-electron chi connectivity index (χ1n) is 7.64. The van der Waals surface area contributed by atoms with E-state index in [1.54, 1.807) is 0 Å². The second-order valence-corrected chi connectivity index (χ2v) is 5.86. The topological polar surface area (TPSA) is 56.7 Å². The summed E-state index contributed by atoms with van der Waals surface area (Å²) in [5.41, 5.74) is 2.00. The Balaban J connectivity index is 2.22. The Hall–Kier alpha value is -1.62. The average molecular weight is 291 g/mol. The summed E-state index contributed by atoms with van der Waals surface area (Å²) in [6.07, 6.45) is 1.14. The number of carboxylic acid groups (broad SMARTS) is 1. The van der Waals surface area contributed by atoms with E-state index in [-0.39, 0.29) is 0 Å². The van der Waals surface area contributed by atoms with Gasteiger partial charge >= 0.3 is 5.97 Å². The highest BCUT2D eigenvalue weighted by Gasteiger charge is 2.25. The molecule has 5 heteroatoms. The lowest BCUT2D eigenvalue weighted by Crippen LogP contribution is -2.50. The van der Waals surface area contributed by atoms with Crippen LogP contribution in [0.5, 0.6) is 0 Å². The van der Waals surface area contributed by atoms with E-state index < -0.39 is 5.97 Å². The lowest BCUT2D eigenvalue weighted by molar-refractivity contribution is 0.0696. The van der Waals surface area contributed by atoms with E-state index in [1.165, 1.54) is 0 Å². The van der Waals surface area contributed by atoms with E-state index in [2.05, 4.69) is 28.6 Å². The zero-order valence-electron chi connectivity index (χ0n) is 13.4. The summed E-state index contributed by atoms with van der Waals surface area (Å²) in [4.78, 5) is 20.6. The summed E-state index contributed by atoms with van der Waals surface area (Å²) in [6.45, 7) is 11.8. The number of pyridine rings is 1. The molecule has 1 aliphatic heterocycles. The number of piperazine rings is 1. The predicted molar refractivity (Wildman–Crippen MR) is 84.2 cm³/mol. The molecule has 0 amide bonds. The number of rotatable bonds is 4. The van der Waals surface area contributed by atoms with Gasteiger partial charge in [-0.05, 0) is 38.8 Å². The predicted octanol–water partition coefficient (Wildman–Crippen LogP) is 2.32. The number of aromatic carboxylic acids is 1. The van der Waals surface area contributed by atoms with Gasteiger partial charge in [0.05, 0.1) is 0 Å². The number of carbonyl (C=O) groups is 1. The van der Waals surface area contributed by atoms with Crippen LogP contribution in [0.25, 0.3) is 0 Å². The van der Waals surface area contributed by atoms with Gasteiger partial charge in [0.15, 0.2) is 0 Å². The average Bonchev–Trinajstić information content (AvgIpc) is 2.45. The van der Waals surface area contributed by atoms with E-state index in [9.17, 15) is 9.90 Å². The molecule has 116 valence electrons. The van der Waals surface area contributed by atoms with Crippen LogP contribution in [0, 0.1) is 13.8 Å². The van der Waals surface area contributed by atoms with Gasteiger partial charge in [-0.15, -0.1) is 0 Å². The number of hydrogen-bond acceptors (Lipinski definition) is 4. The van der Waals surface area contributed by atoms with Gasteiger partial charge in [-0.2, -0.15) is 0 Å². The van der Waals surface area contributed by atoms with Crippen molar-refractivity contribution < 1.29 is 9.90 Å². The minimum Gasteiger partial charge on any atom is -0.478 e. The first kappa shape index (κ1) is 15.8. The summed E-state index contributed by atoms with van der Waals surface area (Å²) in [7, 11) is 0. The van der Waals surface area contributed by atoms with Crippen LogP contribution < -0.4 is 4.90 Å². The quantitative estimate of drug-likeness (QED) is 0.922. The Morgan fingerprint density at radius 3 is 2.48 bits per heavy atom. The number of carboxylic acids is 1. The molecule has 21 heavy (non-hydrogen) atoms. The number of aromatic nitrogens is 1. The molecule has 1 fully saturated rings. The lowest BCUT2D eigenvalue weighted by atomic mass is 10.1. The Kier molecular flexibility index (Phi) is 4.83. The minimum atomic E-state index is -0.889. The summed E-state index contributed by atoms with van der Waals surface area (Å²) in [5, 5.41) is 9.47. The van der Waals surface area contributed by atoms with Crippen LogP contribution in [0.4, 0.5) is 5.82 Å². The Bertz CT molecular complexity index is 522. The third-order valence-electron chi connectivity index (χ3n) is 4.37. The first-order chi connectivity index (χ1) is 9.93. The molecule has 0 radical (unpaired) electrons. The van der Waals surface area contributed by atoms with Gasteiger partial charge in [0.1, 0.15) is 11.4 Å². The highest BCUT2D eigenvalue weighted by atomic mass is 16.4. The lowest BCUT2D eigenvalue weighted by Gasteiger charge is -2.39. The zero-order chi connectivity index (χ0) is 15.6. The molecule has 0 aromatic carbocycles. The van der Waals surface area contributed by atoms with Crippen molar-refractivity contribution >= 4 is 11.8 Å². The van der Waals surface area contributed by atoms with E-state index >= 15 is 0 Å². The highest BCUT2D eigenvalue weighted by molar-refractivity contribution is 5.95. The SMILES string of the molecule is CCC(C)N1CCN(c2nc(C)cc(C)c2C(=O)O)CC1. The fraction of sp³-hybridized carbons (Fsp3) is 0.625. The van der Waals surface area contributed by atoms with Gasteiger partial charge < -0.3 is 10.0 Å². The van der Waals surface area contributed by atoms with E-state index in [1.807, 2.05) is 19.9 Å². The number of anilines is 1. The van der Waals surface area contributed by atoms with Crippen molar-refractivity contribution in [3.05, 3.63) is 22.9 Å². The fourth-order valence-electron chi connectivity index (χ4n) is 2.94. The molecule has 1 atom stereocenters. The van der Waals surface area contributed by atoms with Crippen LogP contribution >= 0.6 is 0 Å². The Labute approximate surface area is 126 Å². The molecule has 2 heterocycles. The third-order valence-corrected chi connectivity index (χ3v) is 4.37. The Morgan fingerprint density at radius 2 is 1.95 bits per heavy atom. The van der Waals surface area contributed by atoms with Crippen LogP contribution in [0.1, 0.15) is 41.9 Å². The molecule has 2 rings (SSSR count). The van der Waals surface area contributed by atoms with Gasteiger partial charge in [-0.25, -0.2) is 9.78 Å². The molecule has 0 bridgehead atoms. The zero-order valence-corrected chi connectivity index (χ0v) is 13.4. The first-order valence-corrected chi connectivity index (χ1v) is 7.64. The molecule has 1 N–H and O–H groups in total. The van der Waals surface area contributed by atoms with Gasteiger partial charge in [0, 0.05) is 37.9 Å².